The summed E-state index contributed by atoms with van der Waals surface area (Å²) in [6.45, 7) is 5.37. The summed E-state index contributed by atoms with van der Waals surface area (Å²) in [5, 5.41) is 6.61. The van der Waals surface area contributed by atoms with Crippen LogP contribution < -0.4 is 20.1 Å². The molecule has 0 unspecified atom stereocenters. The Kier molecular flexibility index (Phi) is 12.9. The summed E-state index contributed by atoms with van der Waals surface area (Å²) in [6.07, 6.45) is 1.10. The molecular weight excluding hydrogens is 371 g/mol. The monoisotopic (exact) mass is 400 g/mol. The number of hydrogen-bond acceptors (Lipinski definition) is 4. The molecule has 0 bridgehead atoms. The third kappa shape index (κ3) is 7.83. The summed E-state index contributed by atoms with van der Waals surface area (Å²) in [4.78, 5) is 0. The van der Waals surface area contributed by atoms with Gasteiger partial charge < -0.3 is 20.1 Å². The van der Waals surface area contributed by atoms with E-state index in [1.165, 1.54) is 5.56 Å². The Balaban J connectivity index is 0.00000312. The second-order valence-corrected chi connectivity index (χ2v) is 5.86. The van der Waals surface area contributed by atoms with Crippen molar-refractivity contribution in [2.45, 2.75) is 26.5 Å². The molecule has 146 valence electrons. The Morgan fingerprint density at radius 1 is 0.962 bits per heavy atom. The molecular formula is C20H30Cl2N2O2. The smallest absolute Gasteiger partial charge is 0.166 e. The normalized spacial score (nSPS) is 9.81. The molecule has 0 heterocycles. The highest BCUT2D eigenvalue weighted by molar-refractivity contribution is 5.85. The van der Waals surface area contributed by atoms with Crippen molar-refractivity contribution in [1.29, 1.82) is 0 Å². The standard InChI is InChI=1S/C20H28N2O2.2ClH/c1-16-8-10-17(11-9-16)15-24-20-18(6-4-7-19(20)23-3)14-22-13-5-12-21-2;;/h4,6-11,21-22H,5,12-15H2,1-3H3;2*1H. The second kappa shape index (κ2) is 13.7. The van der Waals surface area contributed by atoms with E-state index in [2.05, 4.69) is 47.9 Å². The fourth-order valence-corrected chi connectivity index (χ4v) is 2.48. The molecule has 0 saturated heterocycles. The average Bonchev–Trinajstić information content (AvgIpc) is 2.61. The van der Waals surface area contributed by atoms with Gasteiger partial charge in [0.15, 0.2) is 11.5 Å². The third-order valence-electron chi connectivity index (χ3n) is 3.88. The predicted octanol–water partition coefficient (Wildman–Crippen LogP) is 4.13. The van der Waals surface area contributed by atoms with Gasteiger partial charge in [0, 0.05) is 12.1 Å². The Morgan fingerprint density at radius 2 is 1.69 bits per heavy atom. The summed E-state index contributed by atoms with van der Waals surface area (Å²) in [6, 6.07) is 14.4. The van der Waals surface area contributed by atoms with Crippen molar-refractivity contribution in [1.82, 2.24) is 10.6 Å². The van der Waals surface area contributed by atoms with Crippen molar-refractivity contribution < 1.29 is 9.47 Å². The topological polar surface area (TPSA) is 42.5 Å². The maximum Gasteiger partial charge on any atom is 0.166 e. The lowest BCUT2D eigenvalue weighted by molar-refractivity contribution is 0.280. The summed E-state index contributed by atoms with van der Waals surface area (Å²) in [7, 11) is 3.65. The fourth-order valence-electron chi connectivity index (χ4n) is 2.48. The number of para-hydroxylation sites is 1. The van der Waals surface area contributed by atoms with Crippen molar-refractivity contribution in [3.8, 4) is 11.5 Å². The maximum atomic E-state index is 6.09. The number of ether oxygens (including phenoxy) is 2. The van der Waals surface area contributed by atoms with Crippen LogP contribution >= 0.6 is 24.8 Å². The van der Waals surface area contributed by atoms with Crippen LogP contribution in [0.25, 0.3) is 0 Å². The van der Waals surface area contributed by atoms with Gasteiger partial charge >= 0.3 is 0 Å². The summed E-state index contributed by atoms with van der Waals surface area (Å²) < 4.78 is 11.6. The summed E-state index contributed by atoms with van der Waals surface area (Å²) in [5.41, 5.74) is 3.52. The molecule has 0 saturated carbocycles. The van der Waals surface area contributed by atoms with Gasteiger partial charge in [0.2, 0.25) is 0 Å². The van der Waals surface area contributed by atoms with Gasteiger partial charge in [-0.3, -0.25) is 0 Å². The van der Waals surface area contributed by atoms with E-state index in [4.69, 9.17) is 9.47 Å². The number of aryl methyl sites for hydroxylation is 1. The second-order valence-electron chi connectivity index (χ2n) is 5.86. The van der Waals surface area contributed by atoms with E-state index in [0.29, 0.717) is 6.61 Å². The molecule has 2 aromatic rings. The molecule has 4 nitrogen and oxygen atoms in total. The number of hydrogen-bond donors (Lipinski definition) is 2. The molecule has 0 amide bonds. The highest BCUT2D eigenvalue weighted by Gasteiger charge is 2.10. The van der Waals surface area contributed by atoms with E-state index >= 15 is 0 Å². The Labute approximate surface area is 169 Å². The number of nitrogens with one attached hydrogen (secondary N) is 2. The summed E-state index contributed by atoms with van der Waals surface area (Å²) >= 11 is 0. The SMILES string of the molecule is CNCCCNCc1cccc(OC)c1OCc1ccc(C)cc1.Cl.Cl. The van der Waals surface area contributed by atoms with Crippen molar-refractivity contribution in [3.63, 3.8) is 0 Å². The van der Waals surface area contributed by atoms with E-state index < -0.39 is 0 Å². The molecule has 2 aromatic carbocycles. The highest BCUT2D eigenvalue weighted by atomic mass is 35.5. The molecule has 2 N–H and O–H groups in total. The first-order chi connectivity index (χ1) is 11.7. The summed E-state index contributed by atoms with van der Waals surface area (Å²) in [5.74, 6) is 1.60. The van der Waals surface area contributed by atoms with E-state index in [-0.39, 0.29) is 24.8 Å². The van der Waals surface area contributed by atoms with E-state index in [0.717, 1.165) is 48.7 Å². The van der Waals surface area contributed by atoms with Crippen LogP contribution in [0.15, 0.2) is 42.5 Å². The van der Waals surface area contributed by atoms with Crippen LogP contribution in [-0.2, 0) is 13.2 Å². The minimum Gasteiger partial charge on any atom is -0.493 e. The van der Waals surface area contributed by atoms with E-state index in [9.17, 15) is 0 Å². The molecule has 2 rings (SSSR count). The lowest BCUT2D eigenvalue weighted by Crippen LogP contribution is -2.19. The predicted molar refractivity (Wildman–Crippen MR) is 113 cm³/mol. The van der Waals surface area contributed by atoms with E-state index in [1.807, 2.05) is 19.2 Å². The first kappa shape index (κ1) is 24.5. The third-order valence-corrected chi connectivity index (χ3v) is 3.88. The van der Waals surface area contributed by atoms with Crippen molar-refractivity contribution >= 4 is 24.8 Å². The van der Waals surface area contributed by atoms with Gasteiger partial charge in [0.1, 0.15) is 6.61 Å². The Bertz CT molecular complexity index is 622. The quantitative estimate of drug-likeness (QED) is 0.588. The zero-order valence-electron chi connectivity index (χ0n) is 15.7. The lowest BCUT2D eigenvalue weighted by Gasteiger charge is -2.16. The molecule has 0 fully saturated rings. The minimum atomic E-state index is 0. The molecule has 0 aliphatic rings. The van der Waals surface area contributed by atoms with Gasteiger partial charge in [-0.25, -0.2) is 0 Å². The average molecular weight is 401 g/mol. The molecule has 0 spiro atoms. The first-order valence-corrected chi connectivity index (χ1v) is 8.44. The Morgan fingerprint density at radius 3 is 2.35 bits per heavy atom. The van der Waals surface area contributed by atoms with Crippen molar-refractivity contribution in [3.05, 3.63) is 59.2 Å². The minimum absolute atomic E-state index is 0. The van der Waals surface area contributed by atoms with E-state index in [1.54, 1.807) is 7.11 Å². The van der Waals surface area contributed by atoms with Crippen LogP contribution in [0, 0.1) is 6.92 Å². The van der Waals surface area contributed by atoms with Crippen LogP contribution in [0.5, 0.6) is 11.5 Å². The van der Waals surface area contributed by atoms with Crippen LogP contribution in [0.2, 0.25) is 0 Å². The fraction of sp³-hybridized carbons (Fsp3) is 0.400. The molecule has 0 atom stereocenters. The number of benzene rings is 2. The molecule has 0 radical (unpaired) electrons. The van der Waals surface area contributed by atoms with Crippen LogP contribution in [0.3, 0.4) is 0 Å². The molecule has 0 aromatic heterocycles. The van der Waals surface area contributed by atoms with Gasteiger partial charge in [-0.05, 0) is 45.1 Å². The van der Waals surface area contributed by atoms with Crippen molar-refractivity contribution in [2.24, 2.45) is 0 Å². The zero-order chi connectivity index (χ0) is 17.2. The highest BCUT2D eigenvalue weighted by Crippen LogP contribution is 2.31. The van der Waals surface area contributed by atoms with Crippen LogP contribution in [0.4, 0.5) is 0 Å². The first-order valence-electron chi connectivity index (χ1n) is 8.44. The zero-order valence-corrected chi connectivity index (χ0v) is 17.3. The van der Waals surface area contributed by atoms with Crippen LogP contribution in [-0.4, -0.2) is 27.2 Å². The molecule has 6 heteroatoms. The van der Waals surface area contributed by atoms with Gasteiger partial charge in [-0.15, -0.1) is 24.8 Å². The lowest BCUT2D eigenvalue weighted by atomic mass is 10.1. The van der Waals surface area contributed by atoms with Gasteiger partial charge in [-0.2, -0.15) is 0 Å². The number of methoxy groups -OCH3 is 1. The largest absolute Gasteiger partial charge is 0.493 e. The molecule has 0 aliphatic carbocycles. The van der Waals surface area contributed by atoms with Gasteiger partial charge in [0.25, 0.3) is 0 Å². The van der Waals surface area contributed by atoms with Crippen LogP contribution in [0.1, 0.15) is 23.1 Å². The number of halogens is 2. The number of rotatable bonds is 10. The van der Waals surface area contributed by atoms with Gasteiger partial charge in [0.05, 0.1) is 7.11 Å². The Hall–Kier alpha value is -1.46. The maximum absolute atomic E-state index is 6.09. The molecule has 26 heavy (non-hydrogen) atoms. The van der Waals surface area contributed by atoms with Gasteiger partial charge in [-0.1, -0.05) is 42.0 Å². The van der Waals surface area contributed by atoms with Crippen molar-refractivity contribution in [2.75, 3.05) is 27.2 Å². The molecule has 0 aliphatic heterocycles.